The molecular formula is C22H27N3O3S. The Morgan fingerprint density at radius 2 is 1.83 bits per heavy atom. The van der Waals surface area contributed by atoms with Crippen molar-refractivity contribution in [1.29, 1.82) is 0 Å². The maximum atomic E-state index is 12.7. The van der Waals surface area contributed by atoms with Gasteiger partial charge in [-0.25, -0.2) is 13.1 Å². The largest absolute Gasteiger partial charge is 0.350 e. The average molecular weight is 414 g/mol. The summed E-state index contributed by atoms with van der Waals surface area (Å²) in [6.07, 6.45) is 3.79. The number of nitrogens with zero attached hydrogens (tertiary/aromatic N) is 1. The summed E-state index contributed by atoms with van der Waals surface area (Å²) < 4.78 is 27.0. The Hall–Kier alpha value is -2.48. The van der Waals surface area contributed by atoms with Crippen molar-refractivity contribution in [2.75, 3.05) is 26.2 Å². The fourth-order valence-corrected chi connectivity index (χ4v) is 4.58. The lowest BCUT2D eigenvalue weighted by molar-refractivity contribution is 0.0937. The van der Waals surface area contributed by atoms with E-state index in [9.17, 15) is 13.2 Å². The zero-order valence-electron chi connectivity index (χ0n) is 16.4. The minimum absolute atomic E-state index is 0.0613. The van der Waals surface area contributed by atoms with Crippen LogP contribution in [0.25, 0.3) is 0 Å². The van der Waals surface area contributed by atoms with Gasteiger partial charge in [-0.1, -0.05) is 42.5 Å². The van der Waals surface area contributed by atoms with Crippen LogP contribution in [0.2, 0.25) is 0 Å². The molecule has 154 valence electrons. The third-order valence-corrected chi connectivity index (χ3v) is 6.47. The molecule has 1 amide bonds. The molecule has 1 heterocycles. The first-order valence-electron chi connectivity index (χ1n) is 9.79. The number of sulfonamides is 1. The van der Waals surface area contributed by atoms with E-state index in [-0.39, 0.29) is 23.4 Å². The lowest BCUT2D eigenvalue weighted by Gasteiger charge is -2.28. The Kier molecular flexibility index (Phi) is 7.19. The summed E-state index contributed by atoms with van der Waals surface area (Å²) in [4.78, 5) is 15.2. The van der Waals surface area contributed by atoms with Crippen LogP contribution in [0, 0.1) is 0 Å². The smallest absolute Gasteiger partial charge is 0.251 e. The van der Waals surface area contributed by atoms with Gasteiger partial charge < -0.3 is 5.32 Å². The van der Waals surface area contributed by atoms with Crippen LogP contribution in [-0.4, -0.2) is 45.4 Å². The van der Waals surface area contributed by atoms with Crippen molar-refractivity contribution in [1.82, 2.24) is 14.9 Å². The van der Waals surface area contributed by atoms with Gasteiger partial charge in [0.15, 0.2) is 0 Å². The van der Waals surface area contributed by atoms with Crippen molar-refractivity contribution in [2.45, 2.75) is 23.8 Å². The Labute approximate surface area is 172 Å². The molecule has 1 fully saturated rings. The highest BCUT2D eigenvalue weighted by Gasteiger charge is 2.24. The summed E-state index contributed by atoms with van der Waals surface area (Å²) in [5.41, 5.74) is 1.49. The Morgan fingerprint density at radius 3 is 2.52 bits per heavy atom. The fourth-order valence-electron chi connectivity index (χ4n) is 3.53. The van der Waals surface area contributed by atoms with Crippen LogP contribution in [0.4, 0.5) is 0 Å². The summed E-state index contributed by atoms with van der Waals surface area (Å²) >= 11 is 0. The number of amides is 1. The van der Waals surface area contributed by atoms with E-state index in [1.807, 2.05) is 18.2 Å². The lowest BCUT2D eigenvalue weighted by atomic mass is 10.1. The average Bonchev–Trinajstić information content (AvgIpc) is 3.28. The monoisotopic (exact) mass is 413 g/mol. The number of rotatable bonds is 9. The first kappa shape index (κ1) is 21.2. The van der Waals surface area contributed by atoms with Gasteiger partial charge in [0.25, 0.3) is 5.91 Å². The van der Waals surface area contributed by atoms with E-state index in [2.05, 4.69) is 33.7 Å². The van der Waals surface area contributed by atoms with Crippen molar-refractivity contribution in [3.63, 3.8) is 0 Å². The molecule has 2 N–H and O–H groups in total. The van der Waals surface area contributed by atoms with Gasteiger partial charge in [0.1, 0.15) is 0 Å². The summed E-state index contributed by atoms with van der Waals surface area (Å²) in [5.74, 6) is -0.286. The highest BCUT2D eigenvalue weighted by molar-refractivity contribution is 7.89. The second-order valence-electron chi connectivity index (χ2n) is 7.05. The molecule has 0 aliphatic carbocycles. The summed E-state index contributed by atoms with van der Waals surface area (Å²) in [7, 11) is -3.68. The van der Waals surface area contributed by atoms with Gasteiger partial charge in [0, 0.05) is 18.7 Å². The molecule has 7 heteroatoms. The molecule has 0 aromatic heterocycles. The molecule has 2 aromatic rings. The highest BCUT2D eigenvalue weighted by atomic mass is 32.2. The van der Waals surface area contributed by atoms with E-state index in [1.165, 1.54) is 23.8 Å². The number of nitrogens with one attached hydrogen (secondary N) is 2. The molecule has 1 saturated heterocycles. The van der Waals surface area contributed by atoms with Crippen LogP contribution >= 0.6 is 0 Å². The molecule has 0 saturated carbocycles. The van der Waals surface area contributed by atoms with E-state index >= 15 is 0 Å². The van der Waals surface area contributed by atoms with Gasteiger partial charge in [-0.2, -0.15) is 0 Å². The van der Waals surface area contributed by atoms with Gasteiger partial charge >= 0.3 is 0 Å². The minimum atomic E-state index is -3.68. The second-order valence-corrected chi connectivity index (χ2v) is 8.81. The SMILES string of the molecule is C=CCNS(=O)(=O)c1cccc(C(=O)NCC(c2ccccc2)N2CCCC2)c1. The molecule has 0 radical (unpaired) electrons. The van der Waals surface area contributed by atoms with E-state index in [0.717, 1.165) is 25.9 Å². The van der Waals surface area contributed by atoms with E-state index in [1.54, 1.807) is 12.1 Å². The number of likely N-dealkylation sites (tertiary alicyclic amines) is 1. The number of benzene rings is 2. The molecule has 3 rings (SSSR count). The van der Waals surface area contributed by atoms with Crippen LogP contribution in [0.1, 0.15) is 34.8 Å². The van der Waals surface area contributed by atoms with E-state index in [4.69, 9.17) is 0 Å². The summed E-state index contributed by atoms with van der Waals surface area (Å²) in [6, 6.07) is 16.3. The van der Waals surface area contributed by atoms with Crippen molar-refractivity contribution in [3.05, 3.63) is 78.4 Å². The standard InChI is InChI=1S/C22H27N3O3S/c1-2-13-24-29(27,28)20-12-8-11-19(16-20)22(26)23-17-21(25-14-6-7-15-25)18-9-4-3-5-10-18/h2-5,8-12,16,21,24H,1,6-7,13-15,17H2,(H,23,26). The molecular weight excluding hydrogens is 386 g/mol. The third-order valence-electron chi connectivity index (χ3n) is 5.05. The van der Waals surface area contributed by atoms with Crippen LogP contribution in [-0.2, 0) is 10.0 Å². The quantitative estimate of drug-likeness (QED) is 0.620. The third kappa shape index (κ3) is 5.53. The van der Waals surface area contributed by atoms with E-state index < -0.39 is 10.0 Å². The number of hydrogen-bond acceptors (Lipinski definition) is 4. The number of carbonyl (C=O) groups excluding carboxylic acids is 1. The molecule has 1 atom stereocenters. The predicted octanol–water partition coefficient (Wildman–Crippen LogP) is 2.72. The number of carbonyl (C=O) groups is 1. The van der Waals surface area contributed by atoms with Crippen LogP contribution in [0.15, 0.2) is 72.1 Å². The lowest BCUT2D eigenvalue weighted by Crippen LogP contribution is -2.36. The first-order chi connectivity index (χ1) is 14.0. The molecule has 0 bridgehead atoms. The fraction of sp³-hybridized carbons (Fsp3) is 0.318. The normalized spacial score (nSPS) is 15.7. The molecule has 1 aliphatic heterocycles. The van der Waals surface area contributed by atoms with Crippen molar-refractivity contribution in [3.8, 4) is 0 Å². The second kappa shape index (κ2) is 9.82. The van der Waals surface area contributed by atoms with Crippen molar-refractivity contribution >= 4 is 15.9 Å². The van der Waals surface area contributed by atoms with Gasteiger partial charge in [-0.3, -0.25) is 9.69 Å². The summed E-state index contributed by atoms with van der Waals surface area (Å²) in [5, 5.41) is 2.98. The van der Waals surface area contributed by atoms with E-state index in [0.29, 0.717) is 12.1 Å². The van der Waals surface area contributed by atoms with Crippen LogP contribution < -0.4 is 10.0 Å². The molecule has 29 heavy (non-hydrogen) atoms. The number of hydrogen-bond donors (Lipinski definition) is 2. The van der Waals surface area contributed by atoms with Crippen LogP contribution in [0.5, 0.6) is 0 Å². The molecule has 6 nitrogen and oxygen atoms in total. The van der Waals surface area contributed by atoms with Crippen molar-refractivity contribution in [2.24, 2.45) is 0 Å². The molecule has 1 aliphatic rings. The zero-order valence-corrected chi connectivity index (χ0v) is 17.2. The van der Waals surface area contributed by atoms with Crippen LogP contribution in [0.3, 0.4) is 0 Å². The Bertz CT molecular complexity index is 939. The predicted molar refractivity (Wildman–Crippen MR) is 114 cm³/mol. The Balaban J connectivity index is 1.72. The van der Waals surface area contributed by atoms with Crippen molar-refractivity contribution < 1.29 is 13.2 Å². The van der Waals surface area contributed by atoms with Gasteiger partial charge in [0.05, 0.1) is 10.9 Å². The topological polar surface area (TPSA) is 78.5 Å². The molecule has 0 spiro atoms. The maximum absolute atomic E-state index is 12.7. The van der Waals surface area contributed by atoms with Gasteiger partial charge in [-0.05, 0) is 49.7 Å². The molecule has 2 aromatic carbocycles. The minimum Gasteiger partial charge on any atom is -0.350 e. The highest BCUT2D eigenvalue weighted by Crippen LogP contribution is 2.24. The van der Waals surface area contributed by atoms with Gasteiger partial charge in [0.2, 0.25) is 10.0 Å². The van der Waals surface area contributed by atoms with Gasteiger partial charge in [-0.15, -0.1) is 6.58 Å². The molecule has 1 unspecified atom stereocenters. The maximum Gasteiger partial charge on any atom is 0.251 e. The first-order valence-corrected chi connectivity index (χ1v) is 11.3. The Morgan fingerprint density at radius 1 is 1.10 bits per heavy atom. The zero-order chi connectivity index (χ0) is 20.7. The summed E-state index contributed by atoms with van der Waals surface area (Å²) in [6.45, 7) is 6.13.